The van der Waals surface area contributed by atoms with Crippen LogP contribution in [0.15, 0.2) is 30.3 Å². The van der Waals surface area contributed by atoms with Crippen molar-refractivity contribution in [1.29, 1.82) is 0 Å². The first kappa shape index (κ1) is 16.9. The number of ether oxygens (including phenoxy) is 3. The van der Waals surface area contributed by atoms with E-state index >= 15 is 0 Å². The van der Waals surface area contributed by atoms with Crippen LogP contribution >= 0.6 is 0 Å². The van der Waals surface area contributed by atoms with E-state index in [-0.39, 0.29) is 13.2 Å². The maximum absolute atomic E-state index is 10.8. The molecule has 1 fully saturated rings. The molecule has 0 saturated carbocycles. The van der Waals surface area contributed by atoms with Crippen molar-refractivity contribution in [2.45, 2.75) is 44.2 Å². The summed E-state index contributed by atoms with van der Waals surface area (Å²) in [7, 11) is 0. The van der Waals surface area contributed by atoms with Crippen molar-refractivity contribution in [3.8, 4) is 0 Å². The fourth-order valence-electron chi connectivity index (χ4n) is 2.14. The molecule has 1 saturated heterocycles. The first-order valence-electron chi connectivity index (χ1n) is 6.97. The van der Waals surface area contributed by atoms with Crippen LogP contribution in [0.1, 0.15) is 12.5 Å². The van der Waals surface area contributed by atoms with Gasteiger partial charge < -0.3 is 29.5 Å². The molecular formula is C15H20O7. The number of benzene rings is 1. The Bertz CT molecular complexity index is 478. The van der Waals surface area contributed by atoms with Gasteiger partial charge in [0, 0.05) is 6.92 Å². The molecule has 0 amide bonds. The van der Waals surface area contributed by atoms with Gasteiger partial charge in [-0.15, -0.1) is 0 Å². The van der Waals surface area contributed by atoms with Crippen LogP contribution in [0.5, 0.6) is 0 Å². The monoisotopic (exact) mass is 312 g/mol. The smallest absolute Gasteiger partial charge is 0.302 e. The third-order valence-corrected chi connectivity index (χ3v) is 3.38. The highest BCUT2D eigenvalue weighted by Gasteiger charge is 2.44. The Hall–Kier alpha value is -1.51. The summed E-state index contributed by atoms with van der Waals surface area (Å²) in [6.07, 6.45) is -6.31. The SMILES string of the molecule is CC(=O)OC[C@H]1O[C@@H](OCc2ccccc2)[C@H](O)[C@@H](O)[C@@H]1O. The Morgan fingerprint density at radius 2 is 1.82 bits per heavy atom. The third kappa shape index (κ3) is 4.25. The summed E-state index contributed by atoms with van der Waals surface area (Å²) >= 11 is 0. The van der Waals surface area contributed by atoms with E-state index in [9.17, 15) is 20.1 Å². The van der Waals surface area contributed by atoms with E-state index in [4.69, 9.17) is 14.2 Å². The summed E-state index contributed by atoms with van der Waals surface area (Å²) in [6, 6.07) is 9.25. The van der Waals surface area contributed by atoms with E-state index in [1.54, 1.807) is 0 Å². The fourth-order valence-corrected chi connectivity index (χ4v) is 2.14. The zero-order chi connectivity index (χ0) is 16.1. The Morgan fingerprint density at radius 1 is 1.14 bits per heavy atom. The van der Waals surface area contributed by atoms with Crippen molar-refractivity contribution in [2.24, 2.45) is 0 Å². The lowest BCUT2D eigenvalue weighted by atomic mass is 9.99. The minimum atomic E-state index is -1.45. The molecule has 122 valence electrons. The molecule has 1 aromatic carbocycles. The minimum absolute atomic E-state index is 0.172. The van der Waals surface area contributed by atoms with Crippen molar-refractivity contribution in [2.75, 3.05) is 6.61 Å². The summed E-state index contributed by atoms with van der Waals surface area (Å²) in [5.74, 6) is -0.529. The van der Waals surface area contributed by atoms with E-state index in [1.165, 1.54) is 6.92 Å². The lowest BCUT2D eigenvalue weighted by Gasteiger charge is -2.39. The number of aliphatic hydroxyl groups excluding tert-OH is 3. The number of carbonyl (C=O) groups is 1. The lowest BCUT2D eigenvalue weighted by Crippen LogP contribution is -2.59. The zero-order valence-corrected chi connectivity index (χ0v) is 12.2. The zero-order valence-electron chi connectivity index (χ0n) is 12.2. The molecule has 1 aliphatic heterocycles. The molecule has 0 spiro atoms. The Balaban J connectivity index is 1.95. The predicted molar refractivity (Wildman–Crippen MR) is 74.5 cm³/mol. The van der Waals surface area contributed by atoms with Crippen LogP contribution < -0.4 is 0 Å². The van der Waals surface area contributed by atoms with E-state index < -0.39 is 36.7 Å². The highest BCUT2D eigenvalue weighted by molar-refractivity contribution is 5.65. The second kappa shape index (κ2) is 7.66. The first-order chi connectivity index (χ1) is 10.5. The maximum Gasteiger partial charge on any atom is 0.302 e. The summed E-state index contributed by atoms with van der Waals surface area (Å²) in [6.45, 7) is 1.17. The molecular weight excluding hydrogens is 292 g/mol. The Labute approximate surface area is 128 Å². The number of carbonyl (C=O) groups excluding carboxylic acids is 1. The quantitative estimate of drug-likeness (QED) is 0.634. The van der Waals surface area contributed by atoms with E-state index in [0.29, 0.717) is 0 Å². The Kier molecular flexibility index (Phi) is 5.87. The number of hydrogen-bond donors (Lipinski definition) is 3. The molecule has 7 heteroatoms. The normalized spacial score (nSPS) is 31.7. The van der Waals surface area contributed by atoms with E-state index in [2.05, 4.69) is 0 Å². The molecule has 0 unspecified atom stereocenters. The molecule has 1 aliphatic rings. The molecule has 5 atom stereocenters. The number of hydrogen-bond acceptors (Lipinski definition) is 7. The summed E-state index contributed by atoms with van der Waals surface area (Å²) in [5.41, 5.74) is 0.871. The second-order valence-electron chi connectivity index (χ2n) is 5.11. The number of rotatable bonds is 5. The average molecular weight is 312 g/mol. The highest BCUT2D eigenvalue weighted by atomic mass is 16.7. The molecule has 1 aromatic rings. The molecule has 0 radical (unpaired) electrons. The van der Waals surface area contributed by atoms with Gasteiger partial charge in [-0.05, 0) is 5.56 Å². The fraction of sp³-hybridized carbons (Fsp3) is 0.533. The maximum atomic E-state index is 10.8. The largest absolute Gasteiger partial charge is 0.463 e. The van der Waals surface area contributed by atoms with E-state index in [1.807, 2.05) is 30.3 Å². The van der Waals surface area contributed by atoms with Gasteiger partial charge in [-0.1, -0.05) is 30.3 Å². The topological polar surface area (TPSA) is 105 Å². The number of esters is 1. The van der Waals surface area contributed by atoms with Gasteiger partial charge in [-0.3, -0.25) is 4.79 Å². The van der Waals surface area contributed by atoms with Gasteiger partial charge >= 0.3 is 5.97 Å². The van der Waals surface area contributed by atoms with Crippen LogP contribution in [0.25, 0.3) is 0 Å². The molecule has 2 rings (SSSR count). The van der Waals surface area contributed by atoms with Gasteiger partial charge in [0.15, 0.2) is 6.29 Å². The van der Waals surface area contributed by atoms with Crippen molar-refractivity contribution in [3.63, 3.8) is 0 Å². The van der Waals surface area contributed by atoms with Crippen molar-refractivity contribution >= 4 is 5.97 Å². The summed E-state index contributed by atoms with van der Waals surface area (Å²) in [5, 5.41) is 29.6. The third-order valence-electron chi connectivity index (χ3n) is 3.38. The molecule has 0 aromatic heterocycles. The van der Waals surface area contributed by atoms with Crippen molar-refractivity contribution in [1.82, 2.24) is 0 Å². The van der Waals surface area contributed by atoms with Crippen molar-refractivity contribution in [3.05, 3.63) is 35.9 Å². The summed E-state index contributed by atoms with van der Waals surface area (Å²) < 4.78 is 15.6. The van der Waals surface area contributed by atoms with Gasteiger partial charge in [0.2, 0.25) is 0 Å². The highest BCUT2D eigenvalue weighted by Crippen LogP contribution is 2.23. The Morgan fingerprint density at radius 3 is 2.45 bits per heavy atom. The van der Waals surface area contributed by atoms with Crippen LogP contribution in [0.3, 0.4) is 0 Å². The van der Waals surface area contributed by atoms with Gasteiger partial charge in [0.1, 0.15) is 31.0 Å². The van der Waals surface area contributed by atoms with E-state index in [0.717, 1.165) is 5.56 Å². The number of aliphatic hydroxyl groups is 3. The van der Waals surface area contributed by atoms with Crippen molar-refractivity contribution < 1.29 is 34.3 Å². The second-order valence-corrected chi connectivity index (χ2v) is 5.11. The average Bonchev–Trinajstić information content (AvgIpc) is 2.52. The molecule has 1 heterocycles. The molecule has 22 heavy (non-hydrogen) atoms. The van der Waals surface area contributed by atoms with Gasteiger partial charge in [0.25, 0.3) is 0 Å². The molecule has 0 bridgehead atoms. The standard InChI is InChI=1S/C15H20O7/c1-9(16)20-8-11-12(17)13(18)14(19)15(22-11)21-7-10-5-3-2-4-6-10/h2-6,11-15,17-19H,7-8H2,1H3/t11-,12-,13+,14-,15-/m1/s1. The lowest BCUT2D eigenvalue weighted by molar-refractivity contribution is -0.304. The van der Waals surface area contributed by atoms with Crippen LogP contribution in [-0.4, -0.2) is 58.6 Å². The van der Waals surface area contributed by atoms with Gasteiger partial charge in [-0.2, -0.15) is 0 Å². The first-order valence-corrected chi connectivity index (χ1v) is 6.97. The van der Waals surface area contributed by atoms with Gasteiger partial charge in [0.05, 0.1) is 6.61 Å². The minimum Gasteiger partial charge on any atom is -0.463 e. The molecule has 3 N–H and O–H groups in total. The van der Waals surface area contributed by atoms with Crippen LogP contribution in [0, 0.1) is 0 Å². The molecule has 7 nitrogen and oxygen atoms in total. The van der Waals surface area contributed by atoms with Crippen LogP contribution in [0.4, 0.5) is 0 Å². The van der Waals surface area contributed by atoms with Crippen LogP contribution in [0.2, 0.25) is 0 Å². The predicted octanol–water partition coefficient (Wildman–Crippen LogP) is -0.426. The van der Waals surface area contributed by atoms with Gasteiger partial charge in [-0.25, -0.2) is 0 Å². The van der Waals surface area contributed by atoms with Crippen LogP contribution in [-0.2, 0) is 25.6 Å². The summed E-state index contributed by atoms with van der Waals surface area (Å²) in [4.78, 5) is 10.8. The molecule has 0 aliphatic carbocycles.